The molecule has 0 saturated heterocycles. The normalized spacial score (nSPS) is 14.5. The van der Waals surface area contributed by atoms with Crippen LogP contribution >= 0.6 is 11.9 Å². The number of amides is 1. The van der Waals surface area contributed by atoms with Gasteiger partial charge in [0, 0.05) is 24.0 Å². The summed E-state index contributed by atoms with van der Waals surface area (Å²) in [6, 6.07) is 17.8. The summed E-state index contributed by atoms with van der Waals surface area (Å²) < 4.78 is 30.6. The largest absolute Gasteiger partial charge is 0.497 e. The summed E-state index contributed by atoms with van der Waals surface area (Å²) in [5.41, 5.74) is 1.11. The van der Waals surface area contributed by atoms with E-state index in [4.69, 9.17) is 9.88 Å². The molecule has 3 atom stereocenters. The molecule has 1 amide bonds. The second-order valence-electron chi connectivity index (χ2n) is 9.52. The average molecular weight is 522 g/mol. The van der Waals surface area contributed by atoms with Gasteiger partial charge in [-0.3, -0.25) is 4.79 Å². The summed E-state index contributed by atoms with van der Waals surface area (Å²) in [5, 5.41) is 8.28. The number of carbonyl (C=O) groups is 1. The van der Waals surface area contributed by atoms with Crippen LogP contribution in [-0.4, -0.2) is 50.6 Å². The second-order valence-corrected chi connectivity index (χ2v) is 12.3. The van der Waals surface area contributed by atoms with Crippen molar-refractivity contribution < 1.29 is 17.9 Å². The van der Waals surface area contributed by atoms with E-state index in [0.29, 0.717) is 12.3 Å². The molecule has 0 aromatic heterocycles. The number of methoxy groups -OCH3 is 1. The first-order valence-electron chi connectivity index (χ1n) is 11.9. The molecular weight excluding hydrogens is 482 g/mol. The highest BCUT2D eigenvalue weighted by Gasteiger charge is 2.26. The number of ether oxygens (including phenoxy) is 1. The molecular formula is C26H39N3O4S2. The van der Waals surface area contributed by atoms with Crippen LogP contribution in [-0.2, 0) is 21.2 Å². The Morgan fingerprint density at radius 3 is 2.20 bits per heavy atom. The van der Waals surface area contributed by atoms with Gasteiger partial charge in [-0.25, -0.2) is 17.9 Å². The third-order valence-corrected chi connectivity index (χ3v) is 7.60. The predicted octanol–water partition coefficient (Wildman–Crippen LogP) is 3.95. The summed E-state index contributed by atoms with van der Waals surface area (Å²) >= 11 is 1.69. The minimum absolute atomic E-state index is 0.102. The van der Waals surface area contributed by atoms with Gasteiger partial charge in [0.2, 0.25) is 15.9 Å². The topological polar surface area (TPSA) is 102 Å². The maximum absolute atomic E-state index is 12.9. The number of primary sulfonamides is 1. The summed E-state index contributed by atoms with van der Waals surface area (Å²) in [6.07, 6.45) is 0.651. The Labute approximate surface area is 215 Å². The number of nitrogens with one attached hydrogen (secondary N) is 1. The highest BCUT2D eigenvalue weighted by Crippen LogP contribution is 2.27. The Morgan fingerprint density at radius 1 is 1.03 bits per heavy atom. The third-order valence-electron chi connectivity index (χ3n) is 5.60. The monoisotopic (exact) mass is 521 g/mol. The van der Waals surface area contributed by atoms with Gasteiger partial charge in [-0.2, -0.15) is 0 Å². The Balaban J connectivity index is 2.18. The lowest BCUT2D eigenvalue weighted by atomic mass is 9.94. The van der Waals surface area contributed by atoms with Crippen molar-refractivity contribution in [1.82, 2.24) is 9.62 Å². The minimum Gasteiger partial charge on any atom is -0.497 e. The van der Waals surface area contributed by atoms with Crippen LogP contribution in [0.5, 0.6) is 5.75 Å². The van der Waals surface area contributed by atoms with Crippen LogP contribution in [0.15, 0.2) is 59.5 Å². The molecule has 0 heterocycles. The molecule has 3 N–H and O–H groups in total. The molecule has 2 aromatic rings. The van der Waals surface area contributed by atoms with Crippen LogP contribution < -0.4 is 15.2 Å². The molecule has 0 unspecified atom stereocenters. The summed E-state index contributed by atoms with van der Waals surface area (Å²) in [6.45, 7) is 9.72. The number of carbonyl (C=O) groups excluding carboxylic acids is 1. The zero-order valence-electron chi connectivity index (χ0n) is 21.3. The van der Waals surface area contributed by atoms with E-state index in [9.17, 15) is 13.2 Å². The molecule has 7 nitrogen and oxygen atoms in total. The van der Waals surface area contributed by atoms with Gasteiger partial charge in [0.05, 0.1) is 18.8 Å². The zero-order valence-corrected chi connectivity index (χ0v) is 22.9. The van der Waals surface area contributed by atoms with Crippen LogP contribution in [0.3, 0.4) is 0 Å². The summed E-state index contributed by atoms with van der Waals surface area (Å²) in [5.74, 6) is -0.0218. The van der Waals surface area contributed by atoms with Gasteiger partial charge < -0.3 is 10.1 Å². The van der Waals surface area contributed by atoms with Crippen LogP contribution in [0.4, 0.5) is 0 Å². The fourth-order valence-electron chi connectivity index (χ4n) is 3.80. The van der Waals surface area contributed by atoms with Gasteiger partial charge in [0.25, 0.3) is 0 Å². The van der Waals surface area contributed by atoms with E-state index in [1.165, 1.54) is 0 Å². The molecule has 2 aromatic carbocycles. The molecule has 2 rings (SSSR count). The number of nitrogens with zero attached hydrogens (tertiary/aromatic N) is 1. The number of hydrogen-bond acceptors (Lipinski definition) is 6. The minimum atomic E-state index is -3.74. The molecule has 0 bridgehead atoms. The van der Waals surface area contributed by atoms with E-state index in [1.54, 1.807) is 26.0 Å². The lowest BCUT2D eigenvalue weighted by Gasteiger charge is -2.32. The van der Waals surface area contributed by atoms with Crippen LogP contribution in [0.25, 0.3) is 0 Å². The first-order valence-corrected chi connectivity index (χ1v) is 14.4. The van der Waals surface area contributed by atoms with E-state index in [1.807, 2.05) is 54.6 Å². The van der Waals surface area contributed by atoms with Crippen LogP contribution in [0, 0.1) is 17.8 Å². The summed E-state index contributed by atoms with van der Waals surface area (Å²) in [4.78, 5) is 14.0. The third kappa shape index (κ3) is 11.0. The fourth-order valence-corrected chi connectivity index (χ4v) is 5.89. The first kappa shape index (κ1) is 29.2. The standard InChI is InChI=1S/C26H39N3O4S2/c1-19(2)16-29(34-24-13-11-23(33-5)12-14-24)17-20(3)25(15-22-9-7-6-8-10-22)28-26(30)21(4)18-35(27,31)32/h6-14,19-21,25H,15-18H2,1-5H3,(H,28,30)(H2,27,31,32)/t20-,21-,25+/m1/s1. The van der Waals surface area contributed by atoms with Crippen molar-refractivity contribution >= 4 is 27.9 Å². The van der Waals surface area contributed by atoms with Gasteiger partial charge >= 0.3 is 0 Å². The molecule has 0 fully saturated rings. The molecule has 0 aliphatic rings. The highest BCUT2D eigenvalue weighted by atomic mass is 32.2. The number of sulfonamides is 1. The van der Waals surface area contributed by atoms with Crippen molar-refractivity contribution in [3.8, 4) is 5.75 Å². The van der Waals surface area contributed by atoms with Gasteiger partial charge in [-0.05, 0) is 60.0 Å². The molecule has 0 aliphatic heterocycles. The number of benzene rings is 2. The molecule has 0 saturated carbocycles. The van der Waals surface area contributed by atoms with Crippen molar-refractivity contribution in [1.29, 1.82) is 0 Å². The smallest absolute Gasteiger partial charge is 0.224 e. The Kier molecular flexibility index (Phi) is 11.6. The molecule has 35 heavy (non-hydrogen) atoms. The van der Waals surface area contributed by atoms with Crippen molar-refractivity contribution in [2.75, 3.05) is 26.0 Å². The van der Waals surface area contributed by atoms with Crippen molar-refractivity contribution in [3.05, 3.63) is 60.2 Å². The number of hydrogen-bond donors (Lipinski definition) is 2. The Morgan fingerprint density at radius 2 is 1.66 bits per heavy atom. The second kappa shape index (κ2) is 13.9. The van der Waals surface area contributed by atoms with Crippen LogP contribution in [0.1, 0.15) is 33.3 Å². The van der Waals surface area contributed by atoms with E-state index in [-0.39, 0.29) is 23.6 Å². The van der Waals surface area contributed by atoms with Gasteiger partial charge in [-0.15, -0.1) is 0 Å². The van der Waals surface area contributed by atoms with E-state index in [0.717, 1.165) is 29.3 Å². The summed E-state index contributed by atoms with van der Waals surface area (Å²) in [7, 11) is -2.08. The molecule has 9 heteroatoms. The lowest BCUT2D eigenvalue weighted by Crippen LogP contribution is -2.47. The first-order chi connectivity index (χ1) is 16.5. The molecule has 0 spiro atoms. The molecule has 194 valence electrons. The zero-order chi connectivity index (χ0) is 26.0. The average Bonchev–Trinajstić information content (AvgIpc) is 2.78. The Bertz CT molecular complexity index is 1010. The maximum Gasteiger partial charge on any atom is 0.224 e. The van der Waals surface area contributed by atoms with Crippen LogP contribution in [0.2, 0.25) is 0 Å². The number of nitrogens with two attached hydrogens (primary N) is 1. The highest BCUT2D eigenvalue weighted by molar-refractivity contribution is 7.97. The van der Waals surface area contributed by atoms with E-state index < -0.39 is 15.9 Å². The van der Waals surface area contributed by atoms with E-state index in [2.05, 4.69) is 30.4 Å². The van der Waals surface area contributed by atoms with Crippen molar-refractivity contribution in [2.24, 2.45) is 22.9 Å². The molecule has 0 aliphatic carbocycles. The fraction of sp³-hybridized carbons (Fsp3) is 0.500. The predicted molar refractivity (Wildman–Crippen MR) is 144 cm³/mol. The number of rotatable bonds is 14. The van der Waals surface area contributed by atoms with E-state index >= 15 is 0 Å². The van der Waals surface area contributed by atoms with Crippen molar-refractivity contribution in [3.63, 3.8) is 0 Å². The van der Waals surface area contributed by atoms with Gasteiger partial charge in [0.1, 0.15) is 5.75 Å². The quantitative estimate of drug-likeness (QED) is 0.365. The van der Waals surface area contributed by atoms with Gasteiger partial charge in [-0.1, -0.05) is 58.0 Å². The molecule has 0 radical (unpaired) electrons. The maximum atomic E-state index is 12.9. The Hall–Kier alpha value is -2.07. The SMILES string of the molecule is COc1ccc(SN(CC(C)C)C[C@@H](C)[C@H](Cc2ccccc2)NC(=O)[C@H](C)CS(N)(=O)=O)cc1. The lowest BCUT2D eigenvalue weighted by molar-refractivity contribution is -0.125. The van der Waals surface area contributed by atoms with Gasteiger partial charge in [0.15, 0.2) is 0 Å². The van der Waals surface area contributed by atoms with Crippen molar-refractivity contribution in [2.45, 2.75) is 45.1 Å².